The van der Waals surface area contributed by atoms with Crippen molar-refractivity contribution in [1.82, 2.24) is 30.3 Å². The van der Waals surface area contributed by atoms with Crippen LogP contribution in [0.3, 0.4) is 0 Å². The van der Waals surface area contributed by atoms with E-state index in [2.05, 4.69) is 25.6 Å². The van der Waals surface area contributed by atoms with E-state index in [1.807, 2.05) is 30.5 Å². The number of aliphatic hydroxyl groups is 1. The molecule has 1 amide bonds. The second-order valence-corrected chi connectivity index (χ2v) is 7.58. The topological polar surface area (TPSA) is 124 Å². The molecule has 10 heteroatoms. The third kappa shape index (κ3) is 5.09. The molecule has 2 aromatic heterocycles. The summed E-state index contributed by atoms with van der Waals surface area (Å²) in [6, 6.07) is 7.39. The first-order valence-corrected chi connectivity index (χ1v) is 10.5. The van der Waals surface area contributed by atoms with E-state index in [-0.39, 0.29) is 30.4 Å². The van der Waals surface area contributed by atoms with Crippen LogP contribution >= 0.6 is 0 Å². The van der Waals surface area contributed by atoms with E-state index in [0.29, 0.717) is 13.0 Å². The van der Waals surface area contributed by atoms with Crippen molar-refractivity contribution in [2.24, 2.45) is 0 Å². The van der Waals surface area contributed by atoms with Gasteiger partial charge in [-0.15, -0.1) is 5.10 Å². The number of aryl methyl sites for hydroxylation is 1. The molecule has 168 valence electrons. The van der Waals surface area contributed by atoms with E-state index >= 15 is 0 Å². The molecular weight excluding hydrogens is 412 g/mol. The first-order chi connectivity index (χ1) is 15.7. The van der Waals surface area contributed by atoms with Crippen molar-refractivity contribution in [1.29, 1.82) is 0 Å². The molecule has 2 N–H and O–H groups in total. The molecule has 1 saturated heterocycles. The number of para-hydroxylation sites is 1. The van der Waals surface area contributed by atoms with Crippen LogP contribution in [-0.2, 0) is 11.3 Å². The summed E-state index contributed by atoms with van der Waals surface area (Å²) in [5.41, 5.74) is 1.87. The summed E-state index contributed by atoms with van der Waals surface area (Å²) in [6.45, 7) is 0.449. The number of aliphatic hydroxyl groups excluding tert-OH is 1. The number of rotatable bonds is 8. The number of ether oxygens (including phenoxy) is 2. The highest BCUT2D eigenvalue weighted by Gasteiger charge is 2.32. The second-order valence-electron chi connectivity index (χ2n) is 7.58. The predicted molar refractivity (Wildman–Crippen MR) is 115 cm³/mol. The number of benzene rings is 1. The summed E-state index contributed by atoms with van der Waals surface area (Å²) in [4.78, 5) is 20.3. The van der Waals surface area contributed by atoms with Gasteiger partial charge in [0.25, 0.3) is 5.91 Å². The first kappa shape index (κ1) is 21.8. The molecule has 32 heavy (non-hydrogen) atoms. The fourth-order valence-corrected chi connectivity index (χ4v) is 3.83. The Labute approximate surface area is 185 Å². The molecule has 0 aliphatic carbocycles. The lowest BCUT2D eigenvalue weighted by Gasteiger charge is -2.36. The summed E-state index contributed by atoms with van der Waals surface area (Å²) in [5.74, 6) is 0.422. The highest BCUT2D eigenvalue weighted by atomic mass is 16.5. The van der Waals surface area contributed by atoms with Gasteiger partial charge in [0.15, 0.2) is 0 Å². The highest BCUT2D eigenvalue weighted by molar-refractivity contribution is 5.92. The average Bonchev–Trinajstić information content (AvgIpc) is 3.32. The molecular formula is C22H26N6O4. The number of aromatic nitrogens is 5. The maximum Gasteiger partial charge on any atom is 0.271 e. The number of hydrogen-bond acceptors (Lipinski definition) is 8. The Hall–Kier alpha value is -3.37. The molecule has 10 nitrogen and oxygen atoms in total. The normalized spacial score (nSPS) is 20.6. The Bertz CT molecular complexity index is 1030. The Morgan fingerprint density at radius 3 is 2.97 bits per heavy atom. The summed E-state index contributed by atoms with van der Waals surface area (Å²) < 4.78 is 13.2. The minimum absolute atomic E-state index is 0.0456. The van der Waals surface area contributed by atoms with Gasteiger partial charge in [-0.25, -0.2) is 4.98 Å². The third-order valence-electron chi connectivity index (χ3n) is 5.51. The van der Waals surface area contributed by atoms with Gasteiger partial charge in [-0.3, -0.25) is 14.5 Å². The number of methoxy groups -OCH3 is 1. The molecule has 0 saturated carbocycles. The molecule has 0 spiro atoms. The van der Waals surface area contributed by atoms with E-state index < -0.39 is 6.10 Å². The van der Waals surface area contributed by atoms with Crippen LogP contribution in [0.25, 0.3) is 11.3 Å². The lowest BCUT2D eigenvalue weighted by Crippen LogP contribution is -2.51. The zero-order chi connectivity index (χ0) is 22.3. The molecule has 1 fully saturated rings. The predicted octanol–water partition coefficient (Wildman–Crippen LogP) is 1.47. The summed E-state index contributed by atoms with van der Waals surface area (Å²) in [6.07, 6.45) is 7.93. The number of nitrogens with zero attached hydrogens (tertiary/aromatic N) is 5. The third-order valence-corrected chi connectivity index (χ3v) is 5.51. The van der Waals surface area contributed by atoms with Crippen molar-refractivity contribution in [2.45, 2.75) is 44.1 Å². The molecule has 1 aliphatic heterocycles. The largest absolute Gasteiger partial charge is 0.496 e. The van der Waals surface area contributed by atoms with E-state index in [9.17, 15) is 9.90 Å². The summed E-state index contributed by atoms with van der Waals surface area (Å²) in [7, 11) is 1.63. The van der Waals surface area contributed by atoms with Crippen LogP contribution in [-0.4, -0.2) is 67.9 Å². The van der Waals surface area contributed by atoms with Crippen molar-refractivity contribution in [2.75, 3.05) is 13.7 Å². The van der Waals surface area contributed by atoms with Gasteiger partial charge in [-0.2, -0.15) is 0 Å². The molecule has 3 heterocycles. The van der Waals surface area contributed by atoms with Crippen LogP contribution < -0.4 is 10.1 Å². The minimum atomic E-state index is -0.478. The van der Waals surface area contributed by atoms with Crippen LogP contribution in [0.15, 0.2) is 49.1 Å². The molecule has 0 unspecified atom stereocenters. The van der Waals surface area contributed by atoms with E-state index in [1.165, 1.54) is 18.6 Å². The lowest BCUT2D eigenvalue weighted by molar-refractivity contribution is -0.0912. The maximum atomic E-state index is 12.4. The van der Waals surface area contributed by atoms with Gasteiger partial charge in [0.2, 0.25) is 0 Å². The summed E-state index contributed by atoms with van der Waals surface area (Å²) in [5, 5.41) is 21.2. The zero-order valence-electron chi connectivity index (χ0n) is 17.8. The SMILES string of the molecule is COc1ccccc1-c1cn(CC[C@@H]2CC[C@@H](NC(=O)c3cnccn3)[C@@H](CO)O2)nn1. The van der Waals surface area contributed by atoms with Gasteiger partial charge in [-0.05, 0) is 31.4 Å². The van der Waals surface area contributed by atoms with Crippen LogP contribution in [0, 0.1) is 0 Å². The van der Waals surface area contributed by atoms with Crippen LogP contribution in [0.5, 0.6) is 5.75 Å². The van der Waals surface area contributed by atoms with Gasteiger partial charge >= 0.3 is 0 Å². The van der Waals surface area contributed by atoms with Gasteiger partial charge < -0.3 is 19.9 Å². The van der Waals surface area contributed by atoms with Crippen LogP contribution in [0.1, 0.15) is 29.8 Å². The molecule has 4 rings (SSSR count). The highest BCUT2D eigenvalue weighted by Crippen LogP contribution is 2.28. The van der Waals surface area contributed by atoms with Gasteiger partial charge in [0.1, 0.15) is 23.2 Å². The first-order valence-electron chi connectivity index (χ1n) is 10.5. The maximum absolute atomic E-state index is 12.4. The van der Waals surface area contributed by atoms with E-state index in [1.54, 1.807) is 11.8 Å². The number of amides is 1. The van der Waals surface area contributed by atoms with Gasteiger partial charge in [-0.1, -0.05) is 17.3 Å². The molecule has 1 aliphatic rings. The second kappa shape index (κ2) is 10.3. The monoisotopic (exact) mass is 438 g/mol. The molecule has 3 atom stereocenters. The Kier molecular flexibility index (Phi) is 7.03. The number of nitrogens with one attached hydrogen (secondary N) is 1. The van der Waals surface area contributed by atoms with Gasteiger partial charge in [0.05, 0.1) is 38.3 Å². The standard InChI is InChI=1S/C22H26N6O4/c1-31-20-5-3-2-4-16(20)19-13-28(27-26-19)11-8-15-6-7-17(21(14-29)32-15)25-22(30)18-12-23-9-10-24-18/h2-5,9-10,12-13,15,17,21,29H,6-8,11,14H2,1H3,(H,25,30)/t15-,17+,21+/m0/s1. The minimum Gasteiger partial charge on any atom is -0.496 e. The molecule has 3 aromatic rings. The van der Waals surface area contributed by atoms with Crippen molar-refractivity contribution in [3.8, 4) is 17.0 Å². The van der Waals surface area contributed by atoms with Crippen molar-refractivity contribution < 1.29 is 19.4 Å². The Morgan fingerprint density at radius 2 is 2.19 bits per heavy atom. The van der Waals surface area contributed by atoms with Crippen molar-refractivity contribution in [3.05, 3.63) is 54.7 Å². The van der Waals surface area contributed by atoms with Gasteiger partial charge in [0, 0.05) is 24.5 Å². The van der Waals surface area contributed by atoms with Crippen LogP contribution in [0.2, 0.25) is 0 Å². The Balaban J connectivity index is 1.31. The number of carbonyl (C=O) groups excluding carboxylic acids is 1. The number of carbonyl (C=O) groups is 1. The number of hydrogen-bond donors (Lipinski definition) is 2. The quantitative estimate of drug-likeness (QED) is 0.542. The zero-order valence-corrected chi connectivity index (χ0v) is 17.8. The molecule has 1 aromatic carbocycles. The molecule has 0 bridgehead atoms. The van der Waals surface area contributed by atoms with E-state index in [4.69, 9.17) is 9.47 Å². The fraction of sp³-hybridized carbons (Fsp3) is 0.409. The average molecular weight is 438 g/mol. The Morgan fingerprint density at radius 1 is 1.31 bits per heavy atom. The van der Waals surface area contributed by atoms with Crippen molar-refractivity contribution >= 4 is 5.91 Å². The van der Waals surface area contributed by atoms with E-state index in [0.717, 1.165) is 29.8 Å². The fourth-order valence-electron chi connectivity index (χ4n) is 3.83. The molecule has 0 radical (unpaired) electrons. The smallest absolute Gasteiger partial charge is 0.271 e. The summed E-state index contributed by atoms with van der Waals surface area (Å²) >= 11 is 0. The van der Waals surface area contributed by atoms with Crippen molar-refractivity contribution in [3.63, 3.8) is 0 Å². The lowest BCUT2D eigenvalue weighted by atomic mass is 9.97. The van der Waals surface area contributed by atoms with Crippen LogP contribution in [0.4, 0.5) is 0 Å².